The van der Waals surface area contributed by atoms with Crippen molar-refractivity contribution in [2.45, 2.75) is 6.54 Å². The number of rotatable bonds is 4. The molecule has 0 N–H and O–H groups in total. The lowest BCUT2D eigenvalue weighted by atomic mass is 10.2. The molecule has 0 radical (unpaired) electrons. The molecule has 0 unspecified atom stereocenters. The molecule has 1 aliphatic rings. The van der Waals surface area contributed by atoms with Gasteiger partial charge in [0.2, 0.25) is 5.91 Å². The minimum Gasteiger partial charge on any atom is -0.366 e. The number of pyridine rings is 1. The molecule has 2 aromatic rings. The monoisotopic (exact) mass is 385 g/mol. The number of aromatic nitrogens is 1. The fraction of sp³-hybridized carbons (Fsp3) is 0.278. The van der Waals surface area contributed by atoms with Crippen LogP contribution in [0.3, 0.4) is 0 Å². The van der Waals surface area contributed by atoms with Gasteiger partial charge in [-0.25, -0.2) is 4.39 Å². The van der Waals surface area contributed by atoms with Crippen molar-refractivity contribution in [2.24, 2.45) is 0 Å². The lowest BCUT2D eigenvalue weighted by Crippen LogP contribution is -2.50. The van der Waals surface area contributed by atoms with Gasteiger partial charge in [0.05, 0.1) is 16.8 Å². The molecule has 0 saturated carbocycles. The van der Waals surface area contributed by atoms with E-state index in [9.17, 15) is 24.1 Å². The second-order valence-corrected chi connectivity index (χ2v) is 6.23. The van der Waals surface area contributed by atoms with E-state index in [1.54, 1.807) is 24.3 Å². The van der Waals surface area contributed by atoms with Gasteiger partial charge in [0, 0.05) is 32.2 Å². The number of carbonyl (C=O) groups is 1. The number of halogens is 1. The Bertz CT molecular complexity index is 1020. The molecule has 2 heterocycles. The first-order valence-corrected chi connectivity index (χ1v) is 8.47. The number of nitro groups is 1. The van der Waals surface area contributed by atoms with Crippen LogP contribution in [0.2, 0.25) is 0 Å². The summed E-state index contributed by atoms with van der Waals surface area (Å²) in [7, 11) is 0. The Kier molecular flexibility index (Phi) is 5.35. The Morgan fingerprint density at radius 2 is 1.93 bits per heavy atom. The van der Waals surface area contributed by atoms with Crippen molar-refractivity contribution < 1.29 is 14.1 Å². The zero-order valence-electron chi connectivity index (χ0n) is 14.7. The fourth-order valence-corrected chi connectivity index (χ4v) is 3.07. The van der Waals surface area contributed by atoms with Crippen molar-refractivity contribution >= 4 is 17.3 Å². The van der Waals surface area contributed by atoms with Gasteiger partial charge in [-0.15, -0.1) is 0 Å². The summed E-state index contributed by atoms with van der Waals surface area (Å²) in [6.07, 6.45) is 0.955. The summed E-state index contributed by atoms with van der Waals surface area (Å²) in [4.78, 5) is 38.3. The van der Waals surface area contributed by atoms with E-state index in [-0.39, 0.29) is 5.82 Å². The van der Waals surface area contributed by atoms with E-state index in [2.05, 4.69) is 0 Å². The number of benzene rings is 1. The first-order valence-electron chi connectivity index (χ1n) is 8.47. The second kappa shape index (κ2) is 7.87. The van der Waals surface area contributed by atoms with Gasteiger partial charge < -0.3 is 9.80 Å². The number of piperazine rings is 1. The van der Waals surface area contributed by atoms with Crippen LogP contribution in [-0.2, 0) is 11.3 Å². The van der Waals surface area contributed by atoms with Gasteiger partial charge in [0.15, 0.2) is 0 Å². The third kappa shape index (κ3) is 3.83. The summed E-state index contributed by atoms with van der Waals surface area (Å²) in [5, 5.41) is 19.9. The van der Waals surface area contributed by atoms with Gasteiger partial charge in [-0.1, -0.05) is 12.1 Å². The summed E-state index contributed by atoms with van der Waals surface area (Å²) in [6, 6.07) is 8.86. The number of amides is 1. The predicted molar refractivity (Wildman–Crippen MR) is 97.3 cm³/mol. The molecule has 0 atom stereocenters. The van der Waals surface area contributed by atoms with Crippen molar-refractivity contribution in [2.75, 3.05) is 31.1 Å². The molecule has 3 rings (SSSR count). The highest BCUT2D eigenvalue weighted by Gasteiger charge is 2.24. The van der Waals surface area contributed by atoms with Crippen LogP contribution in [0.1, 0.15) is 5.56 Å². The van der Waals surface area contributed by atoms with Crippen LogP contribution in [0, 0.1) is 27.3 Å². The first kappa shape index (κ1) is 19.0. The van der Waals surface area contributed by atoms with Crippen LogP contribution in [0.4, 0.5) is 15.8 Å². The SMILES string of the molecule is N#Cc1cc([N+](=O)[O-])cn(CC(=O)N2CCN(c3ccccc3F)CC2)c1=O. The maximum Gasteiger partial charge on any atom is 0.287 e. The lowest BCUT2D eigenvalue weighted by Gasteiger charge is -2.36. The van der Waals surface area contributed by atoms with Crippen molar-refractivity contribution in [3.05, 3.63) is 68.4 Å². The summed E-state index contributed by atoms with van der Waals surface area (Å²) < 4.78 is 14.8. The highest BCUT2D eigenvalue weighted by molar-refractivity contribution is 5.76. The number of hydrogen-bond donors (Lipinski definition) is 0. The zero-order chi connectivity index (χ0) is 20.3. The molecule has 9 nitrogen and oxygen atoms in total. The average Bonchev–Trinajstić information content (AvgIpc) is 2.69. The zero-order valence-corrected chi connectivity index (χ0v) is 14.7. The van der Waals surface area contributed by atoms with Gasteiger partial charge in [-0.3, -0.25) is 24.3 Å². The van der Waals surface area contributed by atoms with Crippen LogP contribution in [0.25, 0.3) is 0 Å². The molecule has 1 aliphatic heterocycles. The number of para-hydroxylation sites is 1. The molecule has 0 aliphatic carbocycles. The Morgan fingerprint density at radius 3 is 2.54 bits per heavy atom. The van der Waals surface area contributed by atoms with E-state index in [1.807, 2.05) is 4.90 Å². The van der Waals surface area contributed by atoms with Crippen LogP contribution in [-0.4, -0.2) is 46.5 Å². The molecule has 1 amide bonds. The van der Waals surface area contributed by atoms with Gasteiger partial charge >= 0.3 is 0 Å². The van der Waals surface area contributed by atoms with E-state index in [0.717, 1.165) is 16.8 Å². The van der Waals surface area contributed by atoms with E-state index in [1.165, 1.54) is 11.0 Å². The molecule has 144 valence electrons. The number of carbonyl (C=O) groups excluding carboxylic acids is 1. The maximum atomic E-state index is 13.9. The normalized spacial score (nSPS) is 13.9. The molecular weight excluding hydrogens is 369 g/mol. The number of nitrogens with zero attached hydrogens (tertiary/aromatic N) is 5. The second-order valence-electron chi connectivity index (χ2n) is 6.23. The van der Waals surface area contributed by atoms with Crippen molar-refractivity contribution in [1.29, 1.82) is 5.26 Å². The molecule has 1 fully saturated rings. The summed E-state index contributed by atoms with van der Waals surface area (Å²) >= 11 is 0. The van der Waals surface area contributed by atoms with Crippen LogP contribution >= 0.6 is 0 Å². The summed E-state index contributed by atoms with van der Waals surface area (Å²) in [5.41, 5.74) is -1.13. The third-order valence-electron chi connectivity index (χ3n) is 4.53. The fourth-order valence-electron chi connectivity index (χ4n) is 3.07. The van der Waals surface area contributed by atoms with Gasteiger partial charge in [-0.2, -0.15) is 5.26 Å². The third-order valence-corrected chi connectivity index (χ3v) is 4.53. The smallest absolute Gasteiger partial charge is 0.287 e. The molecular formula is C18H16FN5O4. The van der Waals surface area contributed by atoms with Crippen molar-refractivity contribution in [1.82, 2.24) is 9.47 Å². The average molecular weight is 385 g/mol. The van der Waals surface area contributed by atoms with Gasteiger partial charge in [-0.05, 0) is 12.1 Å². The molecule has 0 spiro atoms. The van der Waals surface area contributed by atoms with E-state index >= 15 is 0 Å². The first-order chi connectivity index (χ1) is 13.4. The number of hydrogen-bond acceptors (Lipinski definition) is 6. The van der Waals surface area contributed by atoms with Gasteiger partial charge in [0.25, 0.3) is 11.2 Å². The molecule has 0 bridgehead atoms. The lowest BCUT2D eigenvalue weighted by molar-refractivity contribution is -0.385. The minimum atomic E-state index is -0.758. The van der Waals surface area contributed by atoms with E-state index in [4.69, 9.17) is 5.26 Å². The summed E-state index contributed by atoms with van der Waals surface area (Å²) in [6.45, 7) is 1.07. The minimum absolute atomic E-state index is 0.321. The highest BCUT2D eigenvalue weighted by Crippen LogP contribution is 2.20. The number of anilines is 1. The molecule has 28 heavy (non-hydrogen) atoms. The van der Waals surface area contributed by atoms with Crippen molar-refractivity contribution in [3.8, 4) is 6.07 Å². The largest absolute Gasteiger partial charge is 0.366 e. The molecule has 1 aromatic carbocycles. The van der Waals surface area contributed by atoms with Crippen LogP contribution in [0.5, 0.6) is 0 Å². The predicted octanol–water partition coefficient (Wildman–Crippen LogP) is 1.12. The molecule has 1 aromatic heterocycles. The quantitative estimate of drug-likeness (QED) is 0.576. The van der Waals surface area contributed by atoms with E-state index in [0.29, 0.717) is 31.9 Å². The Labute approximate surface area is 159 Å². The van der Waals surface area contributed by atoms with Gasteiger partial charge in [0.1, 0.15) is 24.0 Å². The number of nitriles is 1. The summed E-state index contributed by atoms with van der Waals surface area (Å²) in [5.74, 6) is -0.742. The van der Waals surface area contributed by atoms with Crippen LogP contribution < -0.4 is 10.5 Å². The molecule has 1 saturated heterocycles. The van der Waals surface area contributed by atoms with Crippen LogP contribution in [0.15, 0.2) is 41.3 Å². The Balaban J connectivity index is 1.71. The standard InChI is InChI=1S/C18H16FN5O4/c19-15-3-1-2-4-16(15)21-5-7-22(8-6-21)17(25)12-23-11-14(24(27)28)9-13(10-20)18(23)26/h1-4,9,11H,5-8,12H2. The topological polar surface area (TPSA) is 112 Å². The van der Waals surface area contributed by atoms with E-state index < -0.39 is 34.2 Å². The Hall–Kier alpha value is -3.74. The highest BCUT2D eigenvalue weighted by atomic mass is 19.1. The molecule has 10 heteroatoms. The Morgan fingerprint density at radius 1 is 1.25 bits per heavy atom. The van der Waals surface area contributed by atoms with Crippen molar-refractivity contribution in [3.63, 3.8) is 0 Å². The maximum absolute atomic E-state index is 13.9.